The van der Waals surface area contributed by atoms with Crippen molar-refractivity contribution in [1.29, 1.82) is 0 Å². The summed E-state index contributed by atoms with van der Waals surface area (Å²) in [4.78, 5) is 0. The van der Waals surface area contributed by atoms with Crippen LogP contribution in [-0.4, -0.2) is 24.1 Å². The van der Waals surface area contributed by atoms with Crippen molar-refractivity contribution in [2.45, 2.75) is 19.1 Å². The fraction of sp³-hybridized carbons (Fsp3) is 0.333. The Balaban J connectivity index is 2.96. The number of nitrogens with one attached hydrogen (secondary N) is 1. The molecule has 96 valence electrons. The summed E-state index contributed by atoms with van der Waals surface area (Å²) in [5, 5.41) is 10.3. The third-order valence-corrected chi connectivity index (χ3v) is 3.61. The van der Waals surface area contributed by atoms with Gasteiger partial charge in [-0.05, 0) is 13.0 Å². The minimum absolute atomic E-state index is 0.144. The van der Waals surface area contributed by atoms with Gasteiger partial charge in [-0.25, -0.2) is 0 Å². The highest BCUT2D eigenvalue weighted by Gasteiger charge is 2.23. The van der Waals surface area contributed by atoms with E-state index in [1.54, 1.807) is 12.1 Å². The molecule has 0 saturated carbocycles. The summed E-state index contributed by atoms with van der Waals surface area (Å²) in [6.45, 7) is 1.38. The van der Waals surface area contributed by atoms with E-state index in [4.69, 9.17) is 27.8 Å². The number of halogens is 2. The Morgan fingerprint density at radius 2 is 1.94 bits per heavy atom. The first-order valence-electron chi connectivity index (χ1n) is 4.59. The zero-order valence-electron chi connectivity index (χ0n) is 8.76. The molecule has 1 rings (SSSR count). The van der Waals surface area contributed by atoms with Crippen LogP contribution in [0.1, 0.15) is 18.6 Å². The zero-order valence-corrected chi connectivity index (χ0v) is 11.1. The van der Waals surface area contributed by atoms with Crippen LogP contribution in [0, 0.1) is 0 Å². The lowest BCUT2D eigenvalue weighted by atomic mass is 10.0. The van der Waals surface area contributed by atoms with E-state index in [2.05, 4.69) is 0 Å². The van der Waals surface area contributed by atoms with E-state index in [-0.39, 0.29) is 15.6 Å². The highest BCUT2D eigenvalue weighted by molar-refractivity contribution is 7.83. The molecule has 0 heterocycles. The van der Waals surface area contributed by atoms with Crippen molar-refractivity contribution < 1.29 is 18.1 Å². The first-order valence-corrected chi connectivity index (χ1v) is 6.78. The molecular weight excluding hydrogens is 289 g/mol. The van der Waals surface area contributed by atoms with Crippen LogP contribution < -0.4 is 4.72 Å². The predicted octanol–water partition coefficient (Wildman–Crippen LogP) is 1.81. The smallest absolute Gasteiger partial charge is 0.333 e. The highest BCUT2D eigenvalue weighted by Crippen LogP contribution is 2.31. The van der Waals surface area contributed by atoms with E-state index in [1.807, 2.05) is 4.72 Å². The van der Waals surface area contributed by atoms with Crippen LogP contribution in [0.2, 0.25) is 10.0 Å². The van der Waals surface area contributed by atoms with Crippen LogP contribution >= 0.6 is 23.2 Å². The molecule has 3 N–H and O–H groups in total. The molecule has 0 aromatic heterocycles. The summed E-state index contributed by atoms with van der Waals surface area (Å²) >= 11 is 11.6. The van der Waals surface area contributed by atoms with Crippen molar-refractivity contribution in [1.82, 2.24) is 4.72 Å². The zero-order chi connectivity index (χ0) is 13.2. The topological polar surface area (TPSA) is 86.6 Å². The molecule has 0 amide bonds. The fourth-order valence-electron chi connectivity index (χ4n) is 1.32. The van der Waals surface area contributed by atoms with E-state index in [0.29, 0.717) is 0 Å². The molecule has 0 aliphatic carbocycles. The Kier molecular flexibility index (Phi) is 4.77. The minimum Gasteiger partial charge on any atom is -0.387 e. The van der Waals surface area contributed by atoms with Crippen molar-refractivity contribution in [2.24, 2.45) is 0 Å². The fourth-order valence-corrected chi connectivity index (χ4v) is 2.34. The van der Waals surface area contributed by atoms with Gasteiger partial charge in [-0.15, -0.1) is 0 Å². The van der Waals surface area contributed by atoms with Gasteiger partial charge < -0.3 is 5.11 Å². The van der Waals surface area contributed by atoms with Gasteiger partial charge in [-0.2, -0.15) is 13.1 Å². The number of aliphatic hydroxyl groups is 1. The van der Waals surface area contributed by atoms with Crippen LogP contribution in [0.15, 0.2) is 18.2 Å². The second-order valence-corrected chi connectivity index (χ2v) is 5.44. The second kappa shape index (κ2) is 5.51. The SMILES string of the molecule is C[C@H](NS(=O)(=O)O)[C@@H](O)c1cccc(Cl)c1Cl. The Labute approximate surface area is 109 Å². The van der Waals surface area contributed by atoms with Gasteiger partial charge in [0.25, 0.3) is 0 Å². The van der Waals surface area contributed by atoms with Crippen LogP contribution in [0.5, 0.6) is 0 Å². The molecule has 0 saturated heterocycles. The molecule has 0 bridgehead atoms. The average molecular weight is 300 g/mol. The molecule has 0 fully saturated rings. The summed E-state index contributed by atoms with van der Waals surface area (Å²) in [6.07, 6.45) is -1.22. The maximum atomic E-state index is 10.6. The van der Waals surface area contributed by atoms with Gasteiger partial charge in [-0.3, -0.25) is 4.55 Å². The summed E-state index contributed by atoms with van der Waals surface area (Å²) in [7, 11) is -4.39. The van der Waals surface area contributed by atoms with Crippen LogP contribution in [0.3, 0.4) is 0 Å². The van der Waals surface area contributed by atoms with Crippen molar-refractivity contribution in [3.8, 4) is 0 Å². The summed E-state index contributed by atoms with van der Waals surface area (Å²) < 4.78 is 31.6. The average Bonchev–Trinajstić information content (AvgIpc) is 2.18. The molecular formula is C9H11Cl2NO4S. The van der Waals surface area contributed by atoms with E-state index in [0.717, 1.165) is 0 Å². The van der Waals surface area contributed by atoms with Gasteiger partial charge in [0.15, 0.2) is 0 Å². The molecule has 0 radical (unpaired) electrons. The molecule has 0 unspecified atom stereocenters. The third-order valence-electron chi connectivity index (χ3n) is 2.11. The van der Waals surface area contributed by atoms with E-state index < -0.39 is 22.4 Å². The van der Waals surface area contributed by atoms with Crippen LogP contribution in [-0.2, 0) is 10.3 Å². The van der Waals surface area contributed by atoms with Crippen molar-refractivity contribution in [3.05, 3.63) is 33.8 Å². The van der Waals surface area contributed by atoms with Crippen LogP contribution in [0.25, 0.3) is 0 Å². The Morgan fingerprint density at radius 1 is 1.35 bits per heavy atom. The number of rotatable bonds is 4. The standard InChI is InChI=1S/C9H11Cl2NO4S/c1-5(12-17(14,15)16)9(13)6-3-2-4-7(10)8(6)11/h2-5,9,12-13H,1H3,(H,14,15,16)/t5-,9+/m0/s1. The lowest BCUT2D eigenvalue weighted by Gasteiger charge is -2.20. The Bertz CT molecular complexity index is 506. The van der Waals surface area contributed by atoms with E-state index in [9.17, 15) is 13.5 Å². The number of hydrogen-bond donors (Lipinski definition) is 3. The molecule has 17 heavy (non-hydrogen) atoms. The van der Waals surface area contributed by atoms with Crippen LogP contribution in [0.4, 0.5) is 0 Å². The number of benzene rings is 1. The molecule has 5 nitrogen and oxygen atoms in total. The number of aliphatic hydroxyl groups excluding tert-OH is 1. The van der Waals surface area contributed by atoms with Gasteiger partial charge >= 0.3 is 10.3 Å². The molecule has 0 aliphatic rings. The first kappa shape index (κ1) is 14.7. The second-order valence-electron chi connectivity index (χ2n) is 3.47. The molecule has 1 aromatic carbocycles. The van der Waals surface area contributed by atoms with Gasteiger partial charge in [0.1, 0.15) is 0 Å². The molecule has 8 heteroatoms. The highest BCUT2D eigenvalue weighted by atomic mass is 35.5. The monoisotopic (exact) mass is 299 g/mol. The lowest BCUT2D eigenvalue weighted by molar-refractivity contribution is 0.145. The van der Waals surface area contributed by atoms with Gasteiger partial charge in [0.2, 0.25) is 0 Å². The maximum absolute atomic E-state index is 10.6. The van der Waals surface area contributed by atoms with Gasteiger partial charge in [0.05, 0.1) is 22.2 Å². The minimum atomic E-state index is -4.39. The lowest BCUT2D eigenvalue weighted by Crippen LogP contribution is -2.36. The maximum Gasteiger partial charge on any atom is 0.333 e. The van der Waals surface area contributed by atoms with Crippen molar-refractivity contribution >= 4 is 33.5 Å². The Morgan fingerprint density at radius 3 is 2.47 bits per heavy atom. The molecule has 1 aromatic rings. The predicted molar refractivity (Wildman–Crippen MR) is 65.6 cm³/mol. The van der Waals surface area contributed by atoms with Crippen molar-refractivity contribution in [2.75, 3.05) is 0 Å². The first-order chi connectivity index (χ1) is 7.72. The molecule has 0 spiro atoms. The number of hydrogen-bond acceptors (Lipinski definition) is 3. The quantitative estimate of drug-likeness (QED) is 0.740. The summed E-state index contributed by atoms with van der Waals surface area (Å²) in [5.41, 5.74) is 0.280. The van der Waals surface area contributed by atoms with E-state index >= 15 is 0 Å². The third kappa shape index (κ3) is 4.09. The summed E-state index contributed by atoms with van der Waals surface area (Å²) in [5.74, 6) is 0. The van der Waals surface area contributed by atoms with Gasteiger partial charge in [-0.1, -0.05) is 35.3 Å². The van der Waals surface area contributed by atoms with E-state index in [1.165, 1.54) is 13.0 Å². The molecule has 2 atom stereocenters. The summed E-state index contributed by atoms with van der Waals surface area (Å²) in [6, 6.07) is 3.69. The van der Waals surface area contributed by atoms with Gasteiger partial charge in [0, 0.05) is 5.56 Å². The Hall–Kier alpha value is -0.370. The normalized spacial score (nSPS) is 15.6. The van der Waals surface area contributed by atoms with Crippen molar-refractivity contribution in [3.63, 3.8) is 0 Å². The largest absolute Gasteiger partial charge is 0.387 e. The molecule has 0 aliphatic heterocycles.